The molecule has 0 aromatic rings. The average Bonchev–Trinajstić information content (AvgIpc) is 1.99. The van der Waals surface area contributed by atoms with E-state index in [0.29, 0.717) is 11.5 Å². The van der Waals surface area contributed by atoms with Crippen molar-refractivity contribution in [2.45, 2.75) is 33.6 Å². The largest absolute Gasteiger partial charge is 0.366 e. The van der Waals surface area contributed by atoms with Gasteiger partial charge < -0.3 is 5.73 Å². The molecule has 0 fully saturated rings. The summed E-state index contributed by atoms with van der Waals surface area (Å²) in [4.78, 5) is 10.6. The molecule has 0 spiro atoms. The third-order valence-corrected chi connectivity index (χ3v) is 1.91. The van der Waals surface area contributed by atoms with Gasteiger partial charge >= 0.3 is 0 Å². The molecule has 1 atom stereocenters. The van der Waals surface area contributed by atoms with Crippen molar-refractivity contribution in [3.05, 3.63) is 11.6 Å². The molecule has 0 aromatic carbocycles. The molecule has 11 heavy (non-hydrogen) atoms. The predicted molar refractivity (Wildman–Crippen MR) is 47.0 cm³/mol. The van der Waals surface area contributed by atoms with Crippen molar-refractivity contribution in [2.75, 3.05) is 0 Å². The summed E-state index contributed by atoms with van der Waals surface area (Å²) in [5.41, 5.74) is 5.73. The Morgan fingerprint density at radius 2 is 2.18 bits per heavy atom. The first-order valence-corrected chi connectivity index (χ1v) is 4.04. The van der Waals surface area contributed by atoms with Gasteiger partial charge in [0.15, 0.2) is 0 Å². The Kier molecular flexibility index (Phi) is 4.59. The van der Waals surface area contributed by atoms with Crippen LogP contribution >= 0.6 is 0 Å². The molecule has 2 nitrogen and oxygen atoms in total. The molecule has 1 amide bonds. The highest BCUT2D eigenvalue weighted by Gasteiger charge is 1.98. The van der Waals surface area contributed by atoms with E-state index < -0.39 is 0 Å². The maximum absolute atomic E-state index is 10.6. The van der Waals surface area contributed by atoms with Crippen molar-refractivity contribution < 1.29 is 4.79 Å². The van der Waals surface area contributed by atoms with Crippen LogP contribution in [0, 0.1) is 5.92 Å². The van der Waals surface area contributed by atoms with Gasteiger partial charge in [-0.2, -0.15) is 0 Å². The van der Waals surface area contributed by atoms with Gasteiger partial charge in [-0.15, -0.1) is 0 Å². The van der Waals surface area contributed by atoms with E-state index in [-0.39, 0.29) is 5.91 Å². The van der Waals surface area contributed by atoms with Gasteiger partial charge in [0.1, 0.15) is 0 Å². The number of carbonyl (C=O) groups is 1. The standard InChI is InChI=1S/C9H17NO/c1-4-7(2)5-6-8(3)9(10)11/h6-7H,4-5H2,1-3H3,(H2,10,11). The summed E-state index contributed by atoms with van der Waals surface area (Å²) in [7, 11) is 0. The number of hydrogen-bond acceptors (Lipinski definition) is 1. The monoisotopic (exact) mass is 155 g/mol. The molecule has 1 unspecified atom stereocenters. The van der Waals surface area contributed by atoms with E-state index in [0.717, 1.165) is 12.8 Å². The minimum atomic E-state index is -0.312. The van der Waals surface area contributed by atoms with Crippen molar-refractivity contribution in [1.82, 2.24) is 0 Å². The smallest absolute Gasteiger partial charge is 0.244 e. The van der Waals surface area contributed by atoms with Crippen molar-refractivity contribution in [2.24, 2.45) is 11.7 Å². The van der Waals surface area contributed by atoms with E-state index in [4.69, 9.17) is 5.73 Å². The summed E-state index contributed by atoms with van der Waals surface area (Å²) < 4.78 is 0. The first kappa shape index (κ1) is 10.2. The predicted octanol–water partition coefficient (Wildman–Crippen LogP) is 1.85. The maximum atomic E-state index is 10.6. The van der Waals surface area contributed by atoms with E-state index in [1.54, 1.807) is 6.92 Å². The second-order valence-electron chi connectivity index (χ2n) is 3.00. The van der Waals surface area contributed by atoms with Crippen LogP contribution in [0.15, 0.2) is 11.6 Å². The zero-order valence-corrected chi connectivity index (χ0v) is 7.55. The van der Waals surface area contributed by atoms with E-state index in [9.17, 15) is 4.79 Å². The molecular weight excluding hydrogens is 138 g/mol. The van der Waals surface area contributed by atoms with Crippen LogP contribution in [0.2, 0.25) is 0 Å². The lowest BCUT2D eigenvalue weighted by molar-refractivity contribution is -0.114. The van der Waals surface area contributed by atoms with Gasteiger partial charge in [0.2, 0.25) is 5.91 Å². The fraction of sp³-hybridized carbons (Fsp3) is 0.667. The molecule has 2 N–H and O–H groups in total. The molecule has 0 rings (SSSR count). The summed E-state index contributed by atoms with van der Waals surface area (Å²) in [6, 6.07) is 0. The topological polar surface area (TPSA) is 43.1 Å². The molecule has 2 heteroatoms. The van der Waals surface area contributed by atoms with Crippen LogP contribution in [0.4, 0.5) is 0 Å². The molecule has 0 heterocycles. The number of amides is 1. The number of nitrogens with two attached hydrogens (primary N) is 1. The molecule has 0 aromatic heterocycles. The summed E-state index contributed by atoms with van der Waals surface area (Å²) in [6.07, 6.45) is 4.00. The molecule has 0 aliphatic carbocycles. The Hall–Kier alpha value is -0.790. The number of primary amides is 1. The zero-order chi connectivity index (χ0) is 8.85. The highest BCUT2D eigenvalue weighted by Crippen LogP contribution is 2.08. The van der Waals surface area contributed by atoms with E-state index >= 15 is 0 Å². The van der Waals surface area contributed by atoms with Crippen molar-refractivity contribution in [3.8, 4) is 0 Å². The van der Waals surface area contributed by atoms with Gasteiger partial charge in [0, 0.05) is 5.57 Å². The fourth-order valence-corrected chi connectivity index (χ4v) is 0.645. The zero-order valence-electron chi connectivity index (χ0n) is 7.55. The fourth-order valence-electron chi connectivity index (χ4n) is 0.645. The van der Waals surface area contributed by atoms with Crippen LogP contribution in [-0.4, -0.2) is 5.91 Å². The molecule has 0 saturated heterocycles. The first-order chi connectivity index (χ1) is 5.07. The van der Waals surface area contributed by atoms with Gasteiger partial charge in [-0.1, -0.05) is 26.3 Å². The number of hydrogen-bond donors (Lipinski definition) is 1. The minimum Gasteiger partial charge on any atom is -0.366 e. The number of rotatable bonds is 4. The van der Waals surface area contributed by atoms with Crippen LogP contribution in [0.25, 0.3) is 0 Å². The van der Waals surface area contributed by atoms with Gasteiger partial charge in [-0.25, -0.2) is 0 Å². The second kappa shape index (κ2) is 4.94. The minimum absolute atomic E-state index is 0.312. The second-order valence-corrected chi connectivity index (χ2v) is 3.00. The Bertz CT molecular complexity index is 161. The van der Waals surface area contributed by atoms with E-state index in [1.807, 2.05) is 6.08 Å². The highest BCUT2D eigenvalue weighted by atomic mass is 16.1. The molecule has 0 radical (unpaired) electrons. The molecule has 0 saturated carbocycles. The lowest BCUT2D eigenvalue weighted by Gasteiger charge is -2.03. The van der Waals surface area contributed by atoms with Crippen LogP contribution in [-0.2, 0) is 4.79 Å². The number of carbonyl (C=O) groups excluding carboxylic acids is 1. The van der Waals surface area contributed by atoms with E-state index in [2.05, 4.69) is 13.8 Å². The Balaban J connectivity index is 3.82. The summed E-state index contributed by atoms with van der Waals surface area (Å²) in [5, 5.41) is 0. The Morgan fingerprint density at radius 3 is 2.55 bits per heavy atom. The van der Waals surface area contributed by atoms with Crippen molar-refractivity contribution in [3.63, 3.8) is 0 Å². The molecule has 0 aliphatic heterocycles. The van der Waals surface area contributed by atoms with E-state index in [1.165, 1.54) is 0 Å². The van der Waals surface area contributed by atoms with Crippen LogP contribution in [0.5, 0.6) is 0 Å². The molecule has 0 aliphatic rings. The summed E-state index contributed by atoms with van der Waals surface area (Å²) in [6.45, 7) is 6.05. The Labute approximate surface area is 68.5 Å². The number of allylic oxidation sites excluding steroid dienone is 1. The van der Waals surface area contributed by atoms with Crippen molar-refractivity contribution >= 4 is 5.91 Å². The molecule has 0 bridgehead atoms. The lowest BCUT2D eigenvalue weighted by atomic mass is 10.0. The van der Waals surface area contributed by atoms with Crippen molar-refractivity contribution in [1.29, 1.82) is 0 Å². The summed E-state index contributed by atoms with van der Waals surface area (Å²) in [5.74, 6) is 0.331. The highest BCUT2D eigenvalue weighted by molar-refractivity contribution is 5.91. The average molecular weight is 155 g/mol. The SMILES string of the molecule is CCC(C)CC=C(C)C(N)=O. The maximum Gasteiger partial charge on any atom is 0.244 e. The quantitative estimate of drug-likeness (QED) is 0.618. The normalized spacial score (nSPS) is 14.6. The van der Waals surface area contributed by atoms with Gasteiger partial charge in [-0.05, 0) is 19.3 Å². The lowest BCUT2D eigenvalue weighted by Crippen LogP contribution is -2.11. The van der Waals surface area contributed by atoms with Crippen LogP contribution in [0.3, 0.4) is 0 Å². The third-order valence-electron chi connectivity index (χ3n) is 1.91. The van der Waals surface area contributed by atoms with Gasteiger partial charge in [0.25, 0.3) is 0 Å². The Morgan fingerprint density at radius 1 is 1.64 bits per heavy atom. The first-order valence-electron chi connectivity index (χ1n) is 4.04. The molecular formula is C9H17NO. The van der Waals surface area contributed by atoms with Gasteiger partial charge in [-0.3, -0.25) is 4.79 Å². The molecule has 64 valence electrons. The van der Waals surface area contributed by atoms with Gasteiger partial charge in [0.05, 0.1) is 0 Å². The third kappa shape index (κ3) is 4.59. The van der Waals surface area contributed by atoms with Crippen LogP contribution in [0.1, 0.15) is 33.6 Å². The van der Waals surface area contributed by atoms with Crippen LogP contribution < -0.4 is 5.73 Å². The summed E-state index contributed by atoms with van der Waals surface area (Å²) >= 11 is 0.